The maximum atomic E-state index is 12.6. The van der Waals surface area contributed by atoms with E-state index >= 15 is 0 Å². The summed E-state index contributed by atoms with van der Waals surface area (Å²) in [5, 5.41) is 10.3. The molecule has 13 aliphatic carbocycles. The van der Waals surface area contributed by atoms with Gasteiger partial charge in [-0.05, 0) is 309 Å². The number of carbonyl (C=O) groups excluding carboxylic acids is 8. The van der Waals surface area contributed by atoms with E-state index in [-0.39, 0.29) is 122 Å². The first-order valence-electron chi connectivity index (χ1n) is 47.2. The van der Waals surface area contributed by atoms with Gasteiger partial charge in [-0.1, -0.05) is 116 Å². The highest BCUT2D eigenvalue weighted by Crippen LogP contribution is 2.63. The predicted octanol–water partition coefficient (Wildman–Crippen LogP) is 20.4. The topological polar surface area (TPSA) is 274 Å². The Morgan fingerprint density at radius 1 is 0.488 bits per heavy atom. The number of aryl methyl sites for hydroxylation is 1. The summed E-state index contributed by atoms with van der Waals surface area (Å²) in [5.41, 5.74) is -1.95. The summed E-state index contributed by atoms with van der Waals surface area (Å²) >= 11 is 0. The first kappa shape index (κ1) is 97.3. The van der Waals surface area contributed by atoms with Gasteiger partial charge in [0.2, 0.25) is 6.10 Å². The molecule has 20 nitrogen and oxygen atoms in total. The highest BCUT2D eigenvalue weighted by atomic mass is 32.2. The molecule has 3 aliphatic heterocycles. The Balaban J connectivity index is 0.000000140. The van der Waals surface area contributed by atoms with Gasteiger partial charge in [-0.2, -0.15) is 8.42 Å². The van der Waals surface area contributed by atoms with E-state index in [0.29, 0.717) is 74.2 Å². The lowest BCUT2D eigenvalue weighted by atomic mass is 9.49. The monoisotopic (exact) mass is 1750 g/mol. The molecule has 16 fully saturated rings. The van der Waals surface area contributed by atoms with Crippen LogP contribution >= 0.6 is 0 Å². The van der Waals surface area contributed by atoms with Crippen LogP contribution < -0.4 is 0 Å². The van der Waals surface area contributed by atoms with Crippen molar-refractivity contribution in [1.82, 2.24) is 0 Å². The van der Waals surface area contributed by atoms with E-state index in [1.807, 2.05) is 83.1 Å². The zero-order valence-electron chi connectivity index (χ0n) is 77.6. The molecule has 0 amide bonds. The summed E-state index contributed by atoms with van der Waals surface area (Å²) in [6.07, 6.45) is 26.2. The lowest BCUT2D eigenvalue weighted by Crippen LogP contribution is -2.61. The number of aliphatic hydroxyl groups is 1. The number of benzene rings is 3. The fourth-order valence-electron chi connectivity index (χ4n) is 22.2. The fourth-order valence-corrected chi connectivity index (χ4v) is 26.1. The molecule has 3 heterocycles. The Morgan fingerprint density at radius 2 is 0.951 bits per heavy atom. The van der Waals surface area contributed by atoms with Gasteiger partial charge < -0.3 is 43.0 Å². The van der Waals surface area contributed by atoms with Gasteiger partial charge >= 0.3 is 47.8 Å². The quantitative estimate of drug-likeness (QED) is 0.0423. The van der Waals surface area contributed by atoms with Crippen LogP contribution in [0.2, 0.25) is 0 Å². The third-order valence-corrected chi connectivity index (χ3v) is 35.5. The van der Waals surface area contributed by atoms with Crippen LogP contribution in [0.15, 0.2) is 99.6 Å². The maximum Gasteiger partial charge on any atom is 0.347 e. The van der Waals surface area contributed by atoms with Crippen molar-refractivity contribution in [3.63, 3.8) is 0 Å². The van der Waals surface area contributed by atoms with Crippen molar-refractivity contribution < 1.29 is 94.0 Å². The van der Waals surface area contributed by atoms with Gasteiger partial charge in [-0.15, -0.1) is 0 Å². The van der Waals surface area contributed by atoms with Crippen molar-refractivity contribution in [2.75, 3.05) is 6.61 Å². The Morgan fingerprint density at radius 3 is 1.43 bits per heavy atom. The van der Waals surface area contributed by atoms with Gasteiger partial charge in [0.15, 0.2) is 14.7 Å². The number of carbonyl (C=O) groups is 8. The second-order valence-electron chi connectivity index (χ2n) is 42.1. The normalized spacial score (nSPS) is 32.9. The van der Waals surface area contributed by atoms with E-state index in [2.05, 4.69) is 113 Å². The summed E-state index contributed by atoms with van der Waals surface area (Å²) in [7, 11) is -3.42. The van der Waals surface area contributed by atoms with Crippen molar-refractivity contribution >= 4 is 68.8 Å². The van der Waals surface area contributed by atoms with Crippen LogP contribution in [-0.2, 0) is 101 Å². The second kappa shape index (κ2) is 39.3. The van der Waals surface area contributed by atoms with E-state index < -0.39 is 50.1 Å². The van der Waals surface area contributed by atoms with Gasteiger partial charge in [0.25, 0.3) is 10.1 Å². The zero-order chi connectivity index (χ0) is 89.8. The minimum absolute atomic E-state index is 0.0150. The van der Waals surface area contributed by atoms with Crippen LogP contribution in [0.25, 0.3) is 0 Å². The third-order valence-electron chi connectivity index (χ3n) is 31.5. The maximum absolute atomic E-state index is 12.6. The number of hydrogen-bond acceptors (Lipinski definition) is 20. The summed E-state index contributed by atoms with van der Waals surface area (Å²) < 4.78 is 72.5. The SMILES string of the molecule is CCC(=O)OC1C2CC3C1OS(=O)(=O)C3C2.CCC(C)(C)C(=O)OC1(CC)C2CC3CC(C2)CC1C3.CCC(C)(C)C(=O)OC12CC3CC(CC(O)(C3)C1)C2.CCC(C)(C)C(=O)OC1C2CC3C(=O)OC1C3C2.CCC(C)(C)C(=O)OC1CCOC1=O.CCC1(OC(=O)C(C)(C)CC)CCCCC1.Cc1ccc([S+](c2ccccc2)c2ccccc2)cc1. The first-order valence-corrected chi connectivity index (χ1v) is 49.8. The average Bonchev–Trinajstić information content (AvgIpc) is 1.67. The van der Waals surface area contributed by atoms with Crippen LogP contribution in [0.3, 0.4) is 0 Å². The van der Waals surface area contributed by atoms with E-state index in [1.54, 1.807) is 20.8 Å². The fraction of sp³-hybridized carbons (Fsp3) is 0.743. The second-order valence-corrected chi connectivity index (χ2v) is 45.9. The summed E-state index contributed by atoms with van der Waals surface area (Å²) in [6.45, 7) is 37.9. The lowest BCUT2D eigenvalue weighted by Gasteiger charge is -2.60. The van der Waals surface area contributed by atoms with Crippen LogP contribution in [0.4, 0.5) is 0 Å². The lowest BCUT2D eigenvalue weighted by molar-refractivity contribution is -0.225. The van der Waals surface area contributed by atoms with Gasteiger partial charge in [0.05, 0.1) is 61.3 Å². The number of ether oxygens (including phenoxy) is 8. The standard InChI is InChI=1S/C19H17S.C18H30O2.C16H26O3.C14H20O4.C14H26O2.C10H14O5S.C10H16O4/c1-16-12-14-19(15-13-16)20(17-8-4-2-5-9-17)18-10-6-3-7-11-18;1-5-17(3,4)16(19)20-18(6-2)14-8-12-7-13(10-14)11-15(18)9-12;1-4-14(2,3)13(17)19-16-8-11-5-12(9-16)7-15(18,6-11)10-16;1-4-14(2,3)13(16)18-10-7-5-8-9(6-7)12(15)17-11(8)10;1-5-13(3,4)12(15)16-14(6-2)10-8-7-9-11-14;1-2-8(11)14-9-5-3-6-7(4-5)16(12,13)15-10(6)9;1-4-10(2,3)9(12)14-7-5-6-13-8(7)11/h2-15H,1H3;12-15H,5-11H2,1-4H3;11-12,18H,4-10H2,1-3H3;7-11H,4-6H2,1-3H3;5-11H2,1-4H3;5-7,9-10H,2-4H2,1H3;7H,4-6H2,1-3H3/q+1;;;;;;. The molecule has 3 aromatic carbocycles. The van der Waals surface area contributed by atoms with Crippen LogP contribution in [0.5, 0.6) is 0 Å². The van der Waals surface area contributed by atoms with Gasteiger partial charge in [0.1, 0.15) is 41.2 Å². The molecule has 19 rings (SSSR count). The molecular formula is C101H149O20S2+. The Labute approximate surface area is 738 Å². The number of rotatable bonds is 22. The molecule has 1 N–H and O–H groups in total. The van der Waals surface area contributed by atoms with Crippen LogP contribution in [-0.4, -0.2) is 126 Å². The van der Waals surface area contributed by atoms with Crippen molar-refractivity contribution in [3.8, 4) is 0 Å². The Hall–Kier alpha value is -6.36. The zero-order valence-corrected chi connectivity index (χ0v) is 79.3. The van der Waals surface area contributed by atoms with Crippen molar-refractivity contribution in [3.05, 3.63) is 90.5 Å². The van der Waals surface area contributed by atoms with Crippen molar-refractivity contribution in [2.45, 2.75) is 391 Å². The smallest absolute Gasteiger partial charge is 0.347 e. The minimum atomic E-state index is -3.40. The number of esters is 8. The molecule has 3 aromatic rings. The average molecular weight is 1750 g/mol. The largest absolute Gasteiger partial charge is 0.463 e. The molecule has 13 atom stereocenters. The van der Waals surface area contributed by atoms with Crippen molar-refractivity contribution in [1.29, 1.82) is 0 Å². The van der Waals surface area contributed by atoms with Crippen molar-refractivity contribution in [2.24, 2.45) is 92.2 Å². The van der Waals surface area contributed by atoms with E-state index in [4.69, 9.17) is 42.1 Å². The van der Waals surface area contributed by atoms with Crippen LogP contribution in [0.1, 0.15) is 316 Å². The predicted molar refractivity (Wildman–Crippen MR) is 472 cm³/mol. The molecule has 12 bridgehead atoms. The molecule has 13 saturated carbocycles. The molecule has 684 valence electrons. The highest BCUT2D eigenvalue weighted by Gasteiger charge is 2.67. The summed E-state index contributed by atoms with van der Waals surface area (Å²) in [5.74, 6) is 3.83. The van der Waals surface area contributed by atoms with E-state index in [1.165, 1.54) is 78.0 Å². The van der Waals surface area contributed by atoms with Gasteiger partial charge in [-0.25, -0.2) is 4.79 Å². The van der Waals surface area contributed by atoms with E-state index in [9.17, 15) is 51.9 Å². The molecule has 13 unspecified atom stereocenters. The third kappa shape index (κ3) is 22.0. The number of fused-ring (bicyclic) bond motifs is 2. The molecule has 22 heteroatoms. The van der Waals surface area contributed by atoms with Crippen LogP contribution in [0, 0.1) is 99.1 Å². The molecule has 0 spiro atoms. The highest BCUT2D eigenvalue weighted by molar-refractivity contribution is 7.97. The first-order chi connectivity index (χ1) is 57.9. The number of hydrogen-bond donors (Lipinski definition) is 1. The molecule has 0 radical (unpaired) electrons. The molecule has 0 aromatic heterocycles. The summed E-state index contributed by atoms with van der Waals surface area (Å²) in [4.78, 5) is 98.8. The van der Waals surface area contributed by atoms with E-state index in [0.717, 1.165) is 108 Å². The summed E-state index contributed by atoms with van der Waals surface area (Å²) in [6, 6.07) is 30.4. The Bertz CT molecular complexity index is 4170. The Kier molecular flexibility index (Phi) is 31.1. The van der Waals surface area contributed by atoms with Gasteiger partial charge in [0, 0.05) is 42.9 Å². The number of cyclic esters (lactones) is 1. The van der Waals surface area contributed by atoms with Gasteiger partial charge in [-0.3, -0.25) is 37.7 Å². The molecule has 3 saturated heterocycles. The molecule has 123 heavy (non-hydrogen) atoms. The molecule has 16 aliphatic rings. The molecular weight excluding hydrogens is 1600 g/mol. The minimum Gasteiger partial charge on any atom is -0.463 e.